The minimum absolute atomic E-state index is 0.337. The van der Waals surface area contributed by atoms with Crippen LogP contribution in [0.25, 0.3) is 0 Å². The SMILES string of the molecule is CC(C)CCOc1ccc(F)cc1C=NNc1nc(N)cs1. The molecule has 0 amide bonds. The lowest BCUT2D eigenvalue weighted by Gasteiger charge is -2.10. The van der Waals surface area contributed by atoms with Crippen LogP contribution in [0.4, 0.5) is 15.3 Å². The minimum Gasteiger partial charge on any atom is -0.493 e. The highest BCUT2D eigenvalue weighted by Crippen LogP contribution is 2.20. The number of nitrogen functional groups attached to an aromatic ring is 1. The zero-order valence-corrected chi connectivity index (χ0v) is 13.4. The number of hydrogen-bond donors (Lipinski definition) is 2. The number of halogens is 1. The Labute approximate surface area is 133 Å². The van der Waals surface area contributed by atoms with E-state index in [2.05, 4.69) is 29.4 Å². The fourth-order valence-corrected chi connectivity index (χ4v) is 2.20. The van der Waals surface area contributed by atoms with Crippen molar-refractivity contribution in [3.8, 4) is 5.75 Å². The van der Waals surface area contributed by atoms with E-state index in [0.29, 0.717) is 34.8 Å². The van der Waals surface area contributed by atoms with Gasteiger partial charge < -0.3 is 10.5 Å². The van der Waals surface area contributed by atoms with Gasteiger partial charge >= 0.3 is 0 Å². The number of hydrogen-bond acceptors (Lipinski definition) is 6. The average molecular weight is 322 g/mol. The van der Waals surface area contributed by atoms with Crippen LogP contribution < -0.4 is 15.9 Å². The summed E-state index contributed by atoms with van der Waals surface area (Å²) in [5.41, 5.74) is 8.85. The smallest absolute Gasteiger partial charge is 0.205 e. The first-order valence-corrected chi connectivity index (χ1v) is 7.85. The molecule has 0 saturated carbocycles. The van der Waals surface area contributed by atoms with Crippen molar-refractivity contribution in [2.75, 3.05) is 17.8 Å². The van der Waals surface area contributed by atoms with Crippen molar-refractivity contribution in [2.24, 2.45) is 11.0 Å². The molecule has 0 aliphatic heterocycles. The highest BCUT2D eigenvalue weighted by atomic mass is 32.1. The van der Waals surface area contributed by atoms with Crippen molar-refractivity contribution in [1.82, 2.24) is 4.98 Å². The number of ether oxygens (including phenoxy) is 1. The Bertz CT molecular complexity index is 642. The molecule has 0 spiro atoms. The van der Waals surface area contributed by atoms with E-state index in [1.165, 1.54) is 29.7 Å². The van der Waals surface area contributed by atoms with Crippen molar-refractivity contribution in [3.63, 3.8) is 0 Å². The third-order valence-corrected chi connectivity index (χ3v) is 3.58. The third kappa shape index (κ3) is 5.00. The molecule has 0 unspecified atom stereocenters. The van der Waals surface area contributed by atoms with Crippen molar-refractivity contribution in [1.29, 1.82) is 0 Å². The number of anilines is 2. The Morgan fingerprint density at radius 1 is 1.50 bits per heavy atom. The molecule has 3 N–H and O–H groups in total. The Morgan fingerprint density at radius 2 is 2.32 bits per heavy atom. The van der Waals surface area contributed by atoms with Crippen LogP contribution in [0.2, 0.25) is 0 Å². The van der Waals surface area contributed by atoms with Crippen LogP contribution in [-0.2, 0) is 0 Å². The van der Waals surface area contributed by atoms with E-state index in [9.17, 15) is 4.39 Å². The van der Waals surface area contributed by atoms with Crippen LogP contribution in [-0.4, -0.2) is 17.8 Å². The van der Waals surface area contributed by atoms with E-state index in [1.54, 1.807) is 11.4 Å². The number of hydrazone groups is 1. The maximum atomic E-state index is 13.4. The number of nitrogens with two attached hydrogens (primary N) is 1. The molecule has 1 aromatic heterocycles. The molecule has 118 valence electrons. The maximum absolute atomic E-state index is 13.4. The lowest BCUT2D eigenvalue weighted by Crippen LogP contribution is -2.04. The first-order chi connectivity index (χ1) is 10.5. The molecular weight excluding hydrogens is 303 g/mol. The Hall–Kier alpha value is -2.15. The molecule has 0 aliphatic carbocycles. The van der Waals surface area contributed by atoms with Gasteiger partial charge in [-0.3, -0.25) is 5.43 Å². The molecule has 2 aromatic rings. The van der Waals surface area contributed by atoms with Crippen molar-refractivity contribution in [3.05, 3.63) is 35.0 Å². The summed E-state index contributed by atoms with van der Waals surface area (Å²) in [4.78, 5) is 4.02. The standard InChI is InChI=1S/C15H19FN4OS/c1-10(2)5-6-21-13-4-3-12(16)7-11(13)8-18-20-15-19-14(17)9-22-15/h3-4,7-10H,5-6,17H2,1-2H3,(H,19,20). The molecule has 0 saturated heterocycles. The van der Waals surface area contributed by atoms with Gasteiger partial charge in [0.25, 0.3) is 0 Å². The molecule has 0 radical (unpaired) electrons. The summed E-state index contributed by atoms with van der Waals surface area (Å²) >= 11 is 1.34. The van der Waals surface area contributed by atoms with Gasteiger partial charge in [-0.05, 0) is 30.5 Å². The zero-order valence-electron chi connectivity index (χ0n) is 12.5. The molecule has 22 heavy (non-hydrogen) atoms. The Balaban J connectivity index is 2.02. The molecular formula is C15H19FN4OS. The van der Waals surface area contributed by atoms with Crippen LogP contribution in [0, 0.1) is 11.7 Å². The van der Waals surface area contributed by atoms with Gasteiger partial charge in [0, 0.05) is 10.9 Å². The Kier molecular flexibility index (Phi) is 5.71. The summed E-state index contributed by atoms with van der Waals surface area (Å²) in [5.74, 6) is 1.25. The first kappa shape index (κ1) is 16.2. The molecule has 7 heteroatoms. The monoisotopic (exact) mass is 322 g/mol. The van der Waals surface area contributed by atoms with Gasteiger partial charge in [-0.15, -0.1) is 11.3 Å². The maximum Gasteiger partial charge on any atom is 0.205 e. The molecule has 1 aromatic carbocycles. The predicted octanol–water partition coefficient (Wildman–Crippen LogP) is 3.74. The van der Waals surface area contributed by atoms with E-state index >= 15 is 0 Å². The van der Waals surface area contributed by atoms with Crippen LogP contribution in [0.1, 0.15) is 25.8 Å². The largest absolute Gasteiger partial charge is 0.493 e. The van der Waals surface area contributed by atoms with Gasteiger partial charge in [-0.25, -0.2) is 9.37 Å². The van der Waals surface area contributed by atoms with Gasteiger partial charge in [0.2, 0.25) is 5.13 Å². The molecule has 0 bridgehead atoms. The van der Waals surface area contributed by atoms with E-state index in [-0.39, 0.29) is 5.82 Å². The van der Waals surface area contributed by atoms with Gasteiger partial charge in [0.05, 0.1) is 12.8 Å². The quantitative estimate of drug-likeness (QED) is 0.602. The number of rotatable bonds is 7. The molecule has 2 rings (SSSR count). The molecule has 0 fully saturated rings. The topological polar surface area (TPSA) is 72.5 Å². The molecule has 1 heterocycles. The second kappa shape index (κ2) is 7.74. The van der Waals surface area contributed by atoms with E-state index < -0.39 is 0 Å². The molecule has 5 nitrogen and oxygen atoms in total. The lowest BCUT2D eigenvalue weighted by molar-refractivity contribution is 0.289. The molecule has 0 atom stereocenters. The zero-order chi connectivity index (χ0) is 15.9. The fourth-order valence-electron chi connectivity index (χ4n) is 1.65. The highest BCUT2D eigenvalue weighted by Gasteiger charge is 2.05. The number of benzene rings is 1. The summed E-state index contributed by atoms with van der Waals surface area (Å²) in [7, 11) is 0. The van der Waals surface area contributed by atoms with Gasteiger partial charge in [-0.2, -0.15) is 5.10 Å². The number of nitrogens with zero attached hydrogens (tertiary/aromatic N) is 2. The first-order valence-electron chi connectivity index (χ1n) is 6.97. The van der Waals surface area contributed by atoms with Crippen molar-refractivity contribution < 1.29 is 9.13 Å². The molecule has 0 aliphatic rings. The average Bonchev–Trinajstić information content (AvgIpc) is 2.86. The second-order valence-electron chi connectivity index (χ2n) is 5.16. The third-order valence-electron chi connectivity index (χ3n) is 2.81. The van der Waals surface area contributed by atoms with E-state index in [1.807, 2.05) is 0 Å². The second-order valence-corrected chi connectivity index (χ2v) is 6.02. The van der Waals surface area contributed by atoms with Crippen molar-refractivity contribution >= 4 is 28.5 Å². The van der Waals surface area contributed by atoms with Crippen LogP contribution >= 0.6 is 11.3 Å². The van der Waals surface area contributed by atoms with Gasteiger partial charge in [0.15, 0.2) is 0 Å². The fraction of sp³-hybridized carbons (Fsp3) is 0.333. The summed E-state index contributed by atoms with van der Waals surface area (Å²) in [6.45, 7) is 4.83. The summed E-state index contributed by atoms with van der Waals surface area (Å²) in [6.07, 6.45) is 2.44. The Morgan fingerprint density at radius 3 is 3.00 bits per heavy atom. The number of nitrogens with one attached hydrogen (secondary N) is 1. The highest BCUT2D eigenvalue weighted by molar-refractivity contribution is 7.14. The number of thiazole rings is 1. The van der Waals surface area contributed by atoms with E-state index in [0.717, 1.165) is 6.42 Å². The van der Waals surface area contributed by atoms with Crippen LogP contribution in [0.15, 0.2) is 28.7 Å². The normalized spacial score (nSPS) is 11.3. The number of aromatic nitrogens is 1. The van der Waals surface area contributed by atoms with Crippen LogP contribution in [0.5, 0.6) is 5.75 Å². The predicted molar refractivity (Wildman–Crippen MR) is 89.1 cm³/mol. The minimum atomic E-state index is -0.337. The summed E-state index contributed by atoms with van der Waals surface area (Å²) < 4.78 is 19.1. The summed E-state index contributed by atoms with van der Waals surface area (Å²) in [6, 6.07) is 4.36. The van der Waals surface area contributed by atoms with Gasteiger partial charge in [-0.1, -0.05) is 13.8 Å². The summed E-state index contributed by atoms with van der Waals surface area (Å²) in [5, 5.41) is 6.33. The van der Waals surface area contributed by atoms with Gasteiger partial charge in [0.1, 0.15) is 17.4 Å². The van der Waals surface area contributed by atoms with E-state index in [4.69, 9.17) is 10.5 Å². The van der Waals surface area contributed by atoms with Crippen molar-refractivity contribution in [2.45, 2.75) is 20.3 Å². The van der Waals surface area contributed by atoms with Crippen LogP contribution in [0.3, 0.4) is 0 Å². The lowest BCUT2D eigenvalue weighted by atomic mass is 10.1.